The number of nitrogens with zero attached hydrogens (tertiary/aromatic N) is 1. The van der Waals surface area contributed by atoms with E-state index in [1.54, 1.807) is 0 Å². The van der Waals surface area contributed by atoms with E-state index < -0.39 is 5.60 Å². The zero-order valence-electron chi connectivity index (χ0n) is 11.3. The molecule has 0 aromatic rings. The molecule has 0 saturated carbocycles. The topological polar surface area (TPSA) is 38.8 Å². The fraction of sp³-hybridized carbons (Fsp3) is 0.923. The SMILES string of the molecule is C[C@@H]1C[C@]2(CCO2)CCN1C(=O)OC(C)(C)C. The fourth-order valence-electron chi connectivity index (χ4n) is 2.64. The average Bonchev–Trinajstić information content (AvgIpc) is 2.12. The summed E-state index contributed by atoms with van der Waals surface area (Å²) in [5, 5.41) is 0. The molecule has 1 spiro atoms. The minimum Gasteiger partial charge on any atom is -0.444 e. The second-order valence-corrected chi connectivity index (χ2v) is 6.26. The van der Waals surface area contributed by atoms with Crippen LogP contribution in [0.2, 0.25) is 0 Å². The molecular weight excluding hydrogens is 218 g/mol. The van der Waals surface area contributed by atoms with E-state index in [0.717, 1.165) is 32.4 Å². The van der Waals surface area contributed by atoms with Crippen LogP contribution in [0.4, 0.5) is 4.79 Å². The van der Waals surface area contributed by atoms with Crippen LogP contribution in [0.1, 0.15) is 47.0 Å². The summed E-state index contributed by atoms with van der Waals surface area (Å²) in [6.45, 7) is 9.39. The van der Waals surface area contributed by atoms with Gasteiger partial charge in [-0.05, 0) is 47.0 Å². The van der Waals surface area contributed by atoms with E-state index in [1.807, 2.05) is 25.7 Å². The number of ether oxygens (including phenoxy) is 2. The van der Waals surface area contributed by atoms with Crippen LogP contribution in [0.25, 0.3) is 0 Å². The first kappa shape index (κ1) is 12.7. The highest BCUT2D eigenvalue weighted by Gasteiger charge is 2.45. The normalized spacial score (nSPS) is 33.4. The molecule has 0 aromatic heterocycles. The Hall–Kier alpha value is -0.770. The van der Waals surface area contributed by atoms with Gasteiger partial charge in [0, 0.05) is 12.6 Å². The molecule has 2 aliphatic heterocycles. The molecule has 0 aromatic carbocycles. The van der Waals surface area contributed by atoms with Crippen LogP contribution in [-0.4, -0.2) is 41.4 Å². The zero-order chi connectivity index (χ0) is 12.7. The van der Waals surface area contributed by atoms with Crippen LogP contribution in [0, 0.1) is 0 Å². The van der Waals surface area contributed by atoms with Crippen molar-refractivity contribution in [3.63, 3.8) is 0 Å². The number of carbonyl (C=O) groups is 1. The largest absolute Gasteiger partial charge is 0.444 e. The summed E-state index contributed by atoms with van der Waals surface area (Å²) in [7, 11) is 0. The quantitative estimate of drug-likeness (QED) is 0.654. The fourth-order valence-corrected chi connectivity index (χ4v) is 2.64. The standard InChI is InChI=1S/C13H23NO3/c1-10-9-13(6-8-16-13)5-7-14(10)11(15)17-12(2,3)4/h10H,5-9H2,1-4H3/t10-,13-/m1/s1. The lowest BCUT2D eigenvalue weighted by Gasteiger charge is -2.50. The predicted molar refractivity (Wildman–Crippen MR) is 64.9 cm³/mol. The van der Waals surface area contributed by atoms with Crippen LogP contribution in [0.3, 0.4) is 0 Å². The van der Waals surface area contributed by atoms with E-state index >= 15 is 0 Å². The third-order valence-electron chi connectivity index (χ3n) is 3.60. The molecule has 98 valence electrons. The number of rotatable bonds is 0. The highest BCUT2D eigenvalue weighted by molar-refractivity contribution is 5.68. The first-order valence-electron chi connectivity index (χ1n) is 6.45. The Morgan fingerprint density at radius 2 is 2.06 bits per heavy atom. The molecule has 4 heteroatoms. The molecule has 2 heterocycles. The van der Waals surface area contributed by atoms with Crippen molar-refractivity contribution in [1.82, 2.24) is 4.90 Å². The Labute approximate surface area is 103 Å². The number of carbonyl (C=O) groups excluding carboxylic acids is 1. The van der Waals surface area contributed by atoms with Crippen molar-refractivity contribution in [3.8, 4) is 0 Å². The second-order valence-electron chi connectivity index (χ2n) is 6.26. The van der Waals surface area contributed by atoms with Gasteiger partial charge in [-0.2, -0.15) is 0 Å². The lowest BCUT2D eigenvalue weighted by molar-refractivity contribution is -0.179. The Morgan fingerprint density at radius 3 is 2.47 bits per heavy atom. The van der Waals surface area contributed by atoms with E-state index in [1.165, 1.54) is 0 Å². The molecule has 1 amide bonds. The smallest absolute Gasteiger partial charge is 0.410 e. The zero-order valence-corrected chi connectivity index (χ0v) is 11.3. The predicted octanol–water partition coefficient (Wildman–Crippen LogP) is 2.56. The van der Waals surface area contributed by atoms with Crippen LogP contribution in [-0.2, 0) is 9.47 Å². The van der Waals surface area contributed by atoms with Gasteiger partial charge in [-0.25, -0.2) is 4.79 Å². The van der Waals surface area contributed by atoms with Crippen molar-refractivity contribution >= 4 is 6.09 Å². The average molecular weight is 241 g/mol. The lowest BCUT2D eigenvalue weighted by Crippen LogP contribution is -2.57. The van der Waals surface area contributed by atoms with Gasteiger partial charge >= 0.3 is 6.09 Å². The van der Waals surface area contributed by atoms with E-state index in [-0.39, 0.29) is 17.7 Å². The Kier molecular flexibility index (Phi) is 3.10. The summed E-state index contributed by atoms with van der Waals surface area (Å²) >= 11 is 0. The third kappa shape index (κ3) is 2.73. The summed E-state index contributed by atoms with van der Waals surface area (Å²) in [6, 6.07) is 0.207. The van der Waals surface area contributed by atoms with Gasteiger partial charge in [-0.3, -0.25) is 0 Å². The van der Waals surface area contributed by atoms with Crippen molar-refractivity contribution in [1.29, 1.82) is 0 Å². The molecule has 17 heavy (non-hydrogen) atoms. The summed E-state index contributed by atoms with van der Waals surface area (Å²) in [5.41, 5.74) is -0.350. The molecule has 2 aliphatic rings. The third-order valence-corrected chi connectivity index (χ3v) is 3.60. The van der Waals surface area contributed by atoms with Gasteiger partial charge in [0.05, 0.1) is 12.2 Å². The van der Waals surface area contributed by atoms with Crippen LogP contribution in [0.5, 0.6) is 0 Å². The minimum absolute atomic E-state index is 0.0674. The van der Waals surface area contributed by atoms with Gasteiger partial charge in [-0.15, -0.1) is 0 Å². The van der Waals surface area contributed by atoms with E-state index in [0.29, 0.717) is 0 Å². The number of hydrogen-bond donors (Lipinski definition) is 0. The molecule has 2 rings (SSSR count). The molecule has 0 bridgehead atoms. The van der Waals surface area contributed by atoms with E-state index in [9.17, 15) is 4.79 Å². The lowest BCUT2D eigenvalue weighted by atomic mass is 9.81. The molecule has 0 N–H and O–H groups in total. The molecule has 2 saturated heterocycles. The highest BCUT2D eigenvalue weighted by atomic mass is 16.6. The summed E-state index contributed by atoms with van der Waals surface area (Å²) < 4.78 is 11.1. The van der Waals surface area contributed by atoms with Gasteiger partial charge in [0.1, 0.15) is 5.60 Å². The maximum Gasteiger partial charge on any atom is 0.410 e. The summed E-state index contributed by atoms with van der Waals surface area (Å²) in [5.74, 6) is 0. The molecule has 0 radical (unpaired) electrons. The van der Waals surface area contributed by atoms with Crippen LogP contribution in [0.15, 0.2) is 0 Å². The number of piperidine rings is 1. The number of amides is 1. The first-order valence-corrected chi connectivity index (χ1v) is 6.45. The van der Waals surface area contributed by atoms with Crippen molar-refractivity contribution in [2.24, 2.45) is 0 Å². The molecule has 0 unspecified atom stereocenters. The summed E-state index contributed by atoms with van der Waals surface area (Å²) in [4.78, 5) is 13.8. The Morgan fingerprint density at radius 1 is 1.41 bits per heavy atom. The maximum absolute atomic E-state index is 12.0. The molecular formula is C13H23NO3. The van der Waals surface area contributed by atoms with Gasteiger partial charge in [0.15, 0.2) is 0 Å². The van der Waals surface area contributed by atoms with Gasteiger partial charge < -0.3 is 14.4 Å². The molecule has 4 nitrogen and oxygen atoms in total. The molecule has 2 atom stereocenters. The highest BCUT2D eigenvalue weighted by Crippen LogP contribution is 2.39. The second kappa shape index (κ2) is 4.16. The van der Waals surface area contributed by atoms with Crippen molar-refractivity contribution in [2.75, 3.05) is 13.2 Å². The summed E-state index contributed by atoms with van der Waals surface area (Å²) in [6.07, 6.45) is 2.82. The van der Waals surface area contributed by atoms with Gasteiger partial charge in [0.25, 0.3) is 0 Å². The Bertz CT molecular complexity index is 304. The van der Waals surface area contributed by atoms with E-state index in [4.69, 9.17) is 9.47 Å². The maximum atomic E-state index is 12.0. The molecule has 2 fully saturated rings. The van der Waals surface area contributed by atoms with E-state index in [2.05, 4.69) is 6.92 Å². The first-order chi connectivity index (χ1) is 7.81. The van der Waals surface area contributed by atoms with Crippen molar-refractivity contribution < 1.29 is 14.3 Å². The molecule has 0 aliphatic carbocycles. The van der Waals surface area contributed by atoms with Crippen molar-refractivity contribution in [2.45, 2.75) is 64.2 Å². The monoisotopic (exact) mass is 241 g/mol. The van der Waals surface area contributed by atoms with Crippen molar-refractivity contribution in [3.05, 3.63) is 0 Å². The Balaban J connectivity index is 1.92. The number of hydrogen-bond acceptors (Lipinski definition) is 3. The number of likely N-dealkylation sites (tertiary alicyclic amines) is 1. The van der Waals surface area contributed by atoms with Gasteiger partial charge in [0.2, 0.25) is 0 Å². The minimum atomic E-state index is -0.418. The van der Waals surface area contributed by atoms with Crippen LogP contribution < -0.4 is 0 Å². The van der Waals surface area contributed by atoms with Gasteiger partial charge in [-0.1, -0.05) is 0 Å². The van der Waals surface area contributed by atoms with Crippen LogP contribution >= 0.6 is 0 Å².